The highest BCUT2D eigenvalue weighted by Gasteiger charge is 2.32. The molecule has 0 saturated carbocycles. The molecule has 3 aromatic carbocycles. The molecule has 0 bridgehead atoms. The molecule has 2 unspecified atom stereocenters. The summed E-state index contributed by atoms with van der Waals surface area (Å²) in [6, 6.07) is 18.1. The predicted octanol–water partition coefficient (Wildman–Crippen LogP) is 3.84. The van der Waals surface area contributed by atoms with Gasteiger partial charge in [0.25, 0.3) is 5.91 Å². The third kappa shape index (κ3) is 4.99. The van der Waals surface area contributed by atoms with Crippen molar-refractivity contribution in [3.63, 3.8) is 0 Å². The number of ether oxygens (including phenoxy) is 1. The second kappa shape index (κ2) is 9.97. The standard InChI is InChI=1S/C26H28N2O5S/c1-3-17-8-13-20(14-9-17)34(31,32)28-25-22-16-19(12-10-18(22)11-15-23(25)29)27-26(30)21-6-4-5-7-24(21)33-2/h4-10,12-14,16,23,25,28-29H,3,11,15H2,1-2H3,(H,27,30). The summed E-state index contributed by atoms with van der Waals surface area (Å²) in [4.78, 5) is 13.0. The van der Waals surface area contributed by atoms with Crippen molar-refractivity contribution < 1.29 is 23.1 Å². The van der Waals surface area contributed by atoms with Crippen molar-refractivity contribution in [1.82, 2.24) is 4.72 Å². The average Bonchev–Trinajstić information content (AvgIpc) is 2.85. The second-order valence-corrected chi connectivity index (χ2v) is 9.98. The van der Waals surface area contributed by atoms with Crippen molar-refractivity contribution in [2.45, 2.75) is 43.2 Å². The maximum atomic E-state index is 13.1. The number of sulfonamides is 1. The highest BCUT2D eigenvalue weighted by atomic mass is 32.2. The van der Waals surface area contributed by atoms with E-state index in [1.54, 1.807) is 60.7 Å². The number of hydrogen-bond donors (Lipinski definition) is 3. The van der Waals surface area contributed by atoms with Crippen LogP contribution in [0.2, 0.25) is 0 Å². The minimum Gasteiger partial charge on any atom is -0.496 e. The number of methoxy groups -OCH3 is 1. The van der Waals surface area contributed by atoms with Gasteiger partial charge < -0.3 is 15.2 Å². The van der Waals surface area contributed by atoms with Crippen molar-refractivity contribution >= 4 is 21.6 Å². The van der Waals surface area contributed by atoms with Crippen LogP contribution in [0.3, 0.4) is 0 Å². The number of rotatable bonds is 7. The van der Waals surface area contributed by atoms with Crippen LogP contribution in [-0.2, 0) is 22.9 Å². The van der Waals surface area contributed by atoms with Crippen LogP contribution >= 0.6 is 0 Å². The molecule has 3 N–H and O–H groups in total. The summed E-state index contributed by atoms with van der Waals surface area (Å²) in [6.45, 7) is 2.00. The largest absolute Gasteiger partial charge is 0.496 e. The van der Waals surface area contributed by atoms with Gasteiger partial charge in [0.15, 0.2) is 0 Å². The lowest BCUT2D eigenvalue weighted by Gasteiger charge is -2.31. The van der Waals surface area contributed by atoms with E-state index in [0.717, 1.165) is 17.5 Å². The average molecular weight is 481 g/mol. The van der Waals surface area contributed by atoms with E-state index >= 15 is 0 Å². The third-order valence-corrected chi connectivity index (χ3v) is 7.57. The molecule has 0 aliphatic heterocycles. The maximum Gasteiger partial charge on any atom is 0.259 e. The number of carbonyl (C=O) groups is 1. The predicted molar refractivity (Wildman–Crippen MR) is 131 cm³/mol. The summed E-state index contributed by atoms with van der Waals surface area (Å²) >= 11 is 0. The molecule has 1 amide bonds. The van der Waals surface area contributed by atoms with E-state index in [-0.39, 0.29) is 10.8 Å². The summed E-state index contributed by atoms with van der Waals surface area (Å²) < 4.78 is 34.1. The number of aryl methyl sites for hydroxylation is 2. The number of nitrogens with one attached hydrogen (secondary N) is 2. The van der Waals surface area contributed by atoms with Crippen LogP contribution in [-0.4, -0.2) is 32.6 Å². The van der Waals surface area contributed by atoms with Crippen LogP contribution < -0.4 is 14.8 Å². The normalized spacial score (nSPS) is 17.6. The minimum absolute atomic E-state index is 0.143. The van der Waals surface area contributed by atoms with Gasteiger partial charge in [0.2, 0.25) is 10.0 Å². The molecule has 0 saturated heterocycles. The van der Waals surface area contributed by atoms with Crippen molar-refractivity contribution in [3.05, 3.63) is 89.0 Å². The smallest absolute Gasteiger partial charge is 0.259 e. The van der Waals surface area contributed by atoms with Crippen LogP contribution in [0, 0.1) is 0 Å². The summed E-state index contributed by atoms with van der Waals surface area (Å²) in [5, 5.41) is 13.5. The fourth-order valence-corrected chi connectivity index (χ4v) is 5.43. The van der Waals surface area contributed by atoms with E-state index in [2.05, 4.69) is 10.0 Å². The first-order valence-corrected chi connectivity index (χ1v) is 12.7. The number of carbonyl (C=O) groups excluding carboxylic acids is 1. The second-order valence-electron chi connectivity index (χ2n) is 8.27. The zero-order valence-electron chi connectivity index (χ0n) is 19.1. The number of benzene rings is 3. The summed E-state index contributed by atoms with van der Waals surface area (Å²) in [5.41, 5.74) is 3.49. The Kier molecular flexibility index (Phi) is 7.02. The van der Waals surface area contributed by atoms with Gasteiger partial charge in [0, 0.05) is 5.69 Å². The minimum atomic E-state index is -3.86. The Bertz CT molecular complexity index is 1290. The lowest BCUT2D eigenvalue weighted by atomic mass is 9.86. The Morgan fingerprint density at radius 2 is 1.82 bits per heavy atom. The molecule has 0 radical (unpaired) electrons. The number of aliphatic hydroxyl groups is 1. The van der Waals surface area contributed by atoms with Crippen LogP contribution in [0.1, 0.15) is 46.4 Å². The number of amides is 1. The Balaban J connectivity index is 1.61. The van der Waals surface area contributed by atoms with Gasteiger partial charge in [0.05, 0.1) is 29.7 Å². The Morgan fingerprint density at radius 3 is 2.53 bits per heavy atom. The lowest BCUT2D eigenvalue weighted by molar-refractivity contribution is 0.102. The van der Waals surface area contributed by atoms with Crippen LogP contribution in [0.25, 0.3) is 0 Å². The summed E-state index contributed by atoms with van der Waals surface area (Å²) in [5.74, 6) is 0.106. The molecule has 8 heteroatoms. The zero-order valence-corrected chi connectivity index (χ0v) is 19.9. The lowest BCUT2D eigenvalue weighted by Crippen LogP contribution is -2.39. The van der Waals surface area contributed by atoms with Crippen molar-refractivity contribution in [3.8, 4) is 5.75 Å². The number of anilines is 1. The molecular formula is C26H28N2O5S. The Hall–Kier alpha value is -3.20. The zero-order chi connectivity index (χ0) is 24.3. The molecule has 178 valence electrons. The molecule has 0 fully saturated rings. The van der Waals surface area contributed by atoms with Gasteiger partial charge in [-0.3, -0.25) is 4.79 Å². The first-order valence-electron chi connectivity index (χ1n) is 11.2. The number of para-hydroxylation sites is 1. The van der Waals surface area contributed by atoms with Gasteiger partial charge in [-0.15, -0.1) is 0 Å². The molecule has 2 atom stereocenters. The van der Waals surface area contributed by atoms with E-state index in [9.17, 15) is 18.3 Å². The molecule has 34 heavy (non-hydrogen) atoms. The van der Waals surface area contributed by atoms with Gasteiger partial charge in [-0.25, -0.2) is 13.1 Å². The molecule has 0 spiro atoms. The van der Waals surface area contributed by atoms with E-state index in [1.165, 1.54) is 7.11 Å². The van der Waals surface area contributed by atoms with Gasteiger partial charge in [-0.05, 0) is 72.4 Å². The molecule has 0 aromatic heterocycles. The van der Waals surface area contributed by atoms with Crippen LogP contribution in [0.15, 0.2) is 71.6 Å². The van der Waals surface area contributed by atoms with Crippen molar-refractivity contribution in [2.75, 3.05) is 12.4 Å². The van der Waals surface area contributed by atoms with E-state index in [0.29, 0.717) is 35.4 Å². The van der Waals surface area contributed by atoms with Crippen molar-refractivity contribution in [1.29, 1.82) is 0 Å². The monoisotopic (exact) mass is 480 g/mol. The maximum absolute atomic E-state index is 13.1. The van der Waals surface area contributed by atoms with E-state index < -0.39 is 22.2 Å². The molecule has 1 aliphatic carbocycles. The summed E-state index contributed by atoms with van der Waals surface area (Å²) in [7, 11) is -2.36. The quantitative estimate of drug-likeness (QED) is 0.477. The van der Waals surface area contributed by atoms with Gasteiger partial charge >= 0.3 is 0 Å². The van der Waals surface area contributed by atoms with Gasteiger partial charge in [-0.2, -0.15) is 0 Å². The highest BCUT2D eigenvalue weighted by Crippen LogP contribution is 2.34. The fourth-order valence-electron chi connectivity index (χ4n) is 4.18. The van der Waals surface area contributed by atoms with E-state index in [1.807, 2.05) is 13.0 Å². The van der Waals surface area contributed by atoms with Gasteiger partial charge in [0.1, 0.15) is 5.75 Å². The highest BCUT2D eigenvalue weighted by molar-refractivity contribution is 7.89. The fraction of sp³-hybridized carbons (Fsp3) is 0.269. The first-order chi connectivity index (χ1) is 16.3. The molecule has 1 aliphatic rings. The van der Waals surface area contributed by atoms with Gasteiger partial charge in [-0.1, -0.05) is 37.3 Å². The number of fused-ring (bicyclic) bond motifs is 1. The molecule has 7 nitrogen and oxygen atoms in total. The summed E-state index contributed by atoms with van der Waals surface area (Å²) in [6.07, 6.45) is 0.964. The first kappa shape index (κ1) is 23.9. The number of hydrogen-bond acceptors (Lipinski definition) is 5. The van der Waals surface area contributed by atoms with E-state index in [4.69, 9.17) is 4.74 Å². The molecule has 3 aromatic rings. The van der Waals surface area contributed by atoms with Crippen molar-refractivity contribution in [2.24, 2.45) is 0 Å². The number of aliphatic hydroxyl groups excluding tert-OH is 1. The molecule has 0 heterocycles. The SMILES string of the molecule is CCc1ccc(S(=O)(=O)NC2c3cc(NC(=O)c4ccccc4OC)ccc3CCC2O)cc1. The third-order valence-electron chi connectivity index (χ3n) is 6.11. The van der Waals surface area contributed by atoms with Crippen LogP contribution in [0.5, 0.6) is 5.75 Å². The molecular weight excluding hydrogens is 452 g/mol. The molecule has 4 rings (SSSR count). The Labute approximate surface area is 199 Å². The Morgan fingerprint density at radius 1 is 1.09 bits per heavy atom. The van der Waals surface area contributed by atoms with Crippen LogP contribution in [0.4, 0.5) is 5.69 Å². The topological polar surface area (TPSA) is 105 Å².